The van der Waals surface area contributed by atoms with Gasteiger partial charge in [-0.25, -0.2) is 0 Å². The average Bonchev–Trinajstić information content (AvgIpc) is 3.08. The first-order valence-electron chi connectivity index (χ1n) is 8.82. The van der Waals surface area contributed by atoms with E-state index in [0.717, 1.165) is 15.9 Å². The highest BCUT2D eigenvalue weighted by Gasteiger charge is 2.11. The molecule has 0 aliphatic rings. The van der Waals surface area contributed by atoms with Crippen LogP contribution in [0.5, 0.6) is 0 Å². The third-order valence-corrected chi connectivity index (χ3v) is 4.71. The van der Waals surface area contributed by atoms with Gasteiger partial charge in [0.15, 0.2) is 0 Å². The van der Waals surface area contributed by atoms with Crippen molar-refractivity contribution >= 4 is 39.3 Å². The van der Waals surface area contributed by atoms with E-state index in [1.54, 1.807) is 24.3 Å². The summed E-state index contributed by atoms with van der Waals surface area (Å²) in [6.07, 6.45) is 0. The Morgan fingerprint density at radius 3 is 2.52 bits per heavy atom. The summed E-state index contributed by atoms with van der Waals surface area (Å²) in [5.41, 5.74) is 0.939. The maximum atomic E-state index is 12.3. The Balaban J connectivity index is 1.53. The van der Waals surface area contributed by atoms with Crippen LogP contribution in [0.4, 0.5) is 5.82 Å². The molecular weight excluding hydrogens is 360 g/mol. The van der Waals surface area contributed by atoms with Gasteiger partial charge >= 0.3 is 0 Å². The number of carbonyl (C=O) groups is 2. The molecule has 2 amide bonds. The molecule has 3 aromatic rings. The maximum Gasteiger partial charge on any atom is 0.251 e. The minimum atomic E-state index is -0.209. The van der Waals surface area contributed by atoms with Crippen molar-refractivity contribution in [3.8, 4) is 0 Å². The molecule has 0 saturated carbocycles. The van der Waals surface area contributed by atoms with Gasteiger partial charge in [0, 0.05) is 35.6 Å². The van der Waals surface area contributed by atoms with E-state index in [0.29, 0.717) is 24.2 Å². The number of hydrogen-bond donors (Lipinski definition) is 3. The number of fused-ring (bicyclic) bond motifs is 1. The van der Waals surface area contributed by atoms with E-state index in [1.165, 1.54) is 11.5 Å². The molecule has 1 heterocycles. The number of amides is 2. The summed E-state index contributed by atoms with van der Waals surface area (Å²) in [5, 5.41) is 10.0. The van der Waals surface area contributed by atoms with E-state index in [2.05, 4.69) is 20.3 Å². The highest BCUT2D eigenvalue weighted by molar-refractivity contribution is 7.13. The van der Waals surface area contributed by atoms with Crippen LogP contribution in [0.1, 0.15) is 34.6 Å². The molecular formula is C20H22N4O2S. The first-order chi connectivity index (χ1) is 13.0. The smallest absolute Gasteiger partial charge is 0.251 e. The standard InChI is InChI=1S/C20H22N4O2S/c1-13(2)23-20(26)15-7-5-6-14(12-15)19(25)22-11-10-21-18-16-8-3-4-9-17(16)27-24-18/h3-9,12-13H,10-11H2,1-2H3,(H,21,24)(H,22,25)(H,23,26). The fourth-order valence-corrected chi connectivity index (χ4v) is 3.37. The summed E-state index contributed by atoms with van der Waals surface area (Å²) in [6, 6.07) is 14.8. The third-order valence-electron chi connectivity index (χ3n) is 3.89. The lowest BCUT2D eigenvalue weighted by molar-refractivity contribution is 0.0943. The van der Waals surface area contributed by atoms with Crippen LogP contribution in [0, 0.1) is 0 Å². The molecule has 0 atom stereocenters. The monoisotopic (exact) mass is 382 g/mol. The largest absolute Gasteiger partial charge is 0.367 e. The zero-order valence-corrected chi connectivity index (χ0v) is 16.1. The van der Waals surface area contributed by atoms with Gasteiger partial charge < -0.3 is 16.0 Å². The lowest BCUT2D eigenvalue weighted by Crippen LogP contribution is -2.31. The molecule has 3 rings (SSSR count). The van der Waals surface area contributed by atoms with Gasteiger partial charge in [0.05, 0.1) is 4.70 Å². The van der Waals surface area contributed by atoms with Gasteiger partial charge in [-0.3, -0.25) is 9.59 Å². The van der Waals surface area contributed by atoms with Crippen molar-refractivity contribution in [2.45, 2.75) is 19.9 Å². The Kier molecular flexibility index (Phi) is 6.03. The predicted molar refractivity (Wildman–Crippen MR) is 109 cm³/mol. The Morgan fingerprint density at radius 2 is 1.74 bits per heavy atom. The van der Waals surface area contributed by atoms with E-state index in [9.17, 15) is 9.59 Å². The number of carbonyl (C=O) groups excluding carboxylic acids is 2. The molecule has 0 fully saturated rings. The van der Waals surface area contributed by atoms with Gasteiger partial charge in [0.1, 0.15) is 5.82 Å². The Bertz CT molecular complexity index is 952. The molecule has 0 saturated heterocycles. The zero-order valence-electron chi connectivity index (χ0n) is 15.3. The van der Waals surface area contributed by atoms with Crippen molar-refractivity contribution in [3.63, 3.8) is 0 Å². The van der Waals surface area contributed by atoms with Crippen molar-refractivity contribution in [1.82, 2.24) is 15.0 Å². The second-order valence-corrected chi connectivity index (χ2v) is 7.22. The maximum absolute atomic E-state index is 12.3. The number of hydrogen-bond acceptors (Lipinski definition) is 5. The lowest BCUT2D eigenvalue weighted by Gasteiger charge is -2.10. The first-order valence-corrected chi connectivity index (χ1v) is 9.59. The normalized spacial score (nSPS) is 10.8. The number of nitrogens with one attached hydrogen (secondary N) is 3. The third kappa shape index (κ3) is 4.83. The van der Waals surface area contributed by atoms with Crippen LogP contribution < -0.4 is 16.0 Å². The fourth-order valence-electron chi connectivity index (χ4n) is 2.62. The van der Waals surface area contributed by atoms with Crippen LogP contribution in [0.3, 0.4) is 0 Å². The van der Waals surface area contributed by atoms with E-state index in [-0.39, 0.29) is 17.9 Å². The van der Waals surface area contributed by atoms with Gasteiger partial charge in [-0.1, -0.05) is 18.2 Å². The van der Waals surface area contributed by atoms with Crippen molar-refractivity contribution in [3.05, 3.63) is 59.7 Å². The van der Waals surface area contributed by atoms with Gasteiger partial charge in [-0.2, -0.15) is 4.37 Å². The van der Waals surface area contributed by atoms with Gasteiger partial charge in [0.25, 0.3) is 11.8 Å². The van der Waals surface area contributed by atoms with E-state index >= 15 is 0 Å². The number of benzene rings is 2. The quantitative estimate of drug-likeness (QED) is 0.548. The molecule has 27 heavy (non-hydrogen) atoms. The van der Waals surface area contributed by atoms with Gasteiger partial charge in [-0.05, 0) is 55.7 Å². The second-order valence-electron chi connectivity index (χ2n) is 6.42. The molecule has 140 valence electrons. The minimum Gasteiger partial charge on any atom is -0.367 e. The minimum absolute atomic E-state index is 0.0443. The van der Waals surface area contributed by atoms with Gasteiger partial charge in [0.2, 0.25) is 0 Å². The molecule has 0 aliphatic carbocycles. The number of nitrogens with zero attached hydrogens (tertiary/aromatic N) is 1. The summed E-state index contributed by atoms with van der Waals surface area (Å²) in [4.78, 5) is 24.4. The molecule has 1 aromatic heterocycles. The van der Waals surface area contributed by atoms with Crippen LogP contribution in [-0.4, -0.2) is 35.3 Å². The summed E-state index contributed by atoms with van der Waals surface area (Å²) in [6.45, 7) is 4.81. The highest BCUT2D eigenvalue weighted by Crippen LogP contribution is 2.25. The van der Waals surface area contributed by atoms with Crippen molar-refractivity contribution < 1.29 is 9.59 Å². The van der Waals surface area contributed by atoms with Gasteiger partial charge in [-0.15, -0.1) is 0 Å². The van der Waals surface area contributed by atoms with Crippen molar-refractivity contribution in [2.75, 3.05) is 18.4 Å². The number of rotatable bonds is 7. The molecule has 0 unspecified atom stereocenters. The summed E-state index contributed by atoms with van der Waals surface area (Å²) in [5.74, 6) is 0.438. The van der Waals surface area contributed by atoms with Crippen LogP contribution >= 0.6 is 11.5 Å². The van der Waals surface area contributed by atoms with E-state index in [4.69, 9.17) is 0 Å². The van der Waals surface area contributed by atoms with Crippen LogP contribution in [0.25, 0.3) is 10.1 Å². The van der Waals surface area contributed by atoms with E-state index < -0.39 is 0 Å². The molecule has 0 bridgehead atoms. The zero-order chi connectivity index (χ0) is 19.2. The van der Waals surface area contributed by atoms with Crippen LogP contribution in [0.2, 0.25) is 0 Å². The highest BCUT2D eigenvalue weighted by atomic mass is 32.1. The van der Waals surface area contributed by atoms with Crippen molar-refractivity contribution in [1.29, 1.82) is 0 Å². The fraction of sp³-hybridized carbons (Fsp3) is 0.250. The Morgan fingerprint density at radius 1 is 1.00 bits per heavy atom. The van der Waals surface area contributed by atoms with Crippen LogP contribution in [-0.2, 0) is 0 Å². The van der Waals surface area contributed by atoms with Crippen LogP contribution in [0.15, 0.2) is 48.5 Å². The summed E-state index contributed by atoms with van der Waals surface area (Å²) in [7, 11) is 0. The molecule has 0 spiro atoms. The average molecular weight is 382 g/mol. The molecule has 2 aromatic carbocycles. The number of anilines is 1. The molecule has 3 N–H and O–H groups in total. The first kappa shape index (κ1) is 18.8. The second kappa shape index (κ2) is 8.64. The topological polar surface area (TPSA) is 83.1 Å². The summed E-state index contributed by atoms with van der Waals surface area (Å²) < 4.78 is 5.52. The summed E-state index contributed by atoms with van der Waals surface area (Å²) >= 11 is 1.45. The molecule has 0 radical (unpaired) electrons. The lowest BCUT2D eigenvalue weighted by atomic mass is 10.1. The number of aromatic nitrogens is 1. The molecule has 6 nitrogen and oxygen atoms in total. The van der Waals surface area contributed by atoms with E-state index in [1.807, 2.05) is 38.1 Å². The Labute approximate surface area is 162 Å². The van der Waals surface area contributed by atoms with Crippen molar-refractivity contribution in [2.24, 2.45) is 0 Å². The SMILES string of the molecule is CC(C)NC(=O)c1cccc(C(=O)NCCNc2nsc3ccccc23)c1. The molecule has 0 aliphatic heterocycles. The predicted octanol–water partition coefficient (Wildman–Crippen LogP) is 3.28. The molecule has 7 heteroatoms. The Hall–Kier alpha value is -2.93.